The van der Waals surface area contributed by atoms with Crippen LogP contribution >= 0.6 is 24.0 Å². The van der Waals surface area contributed by atoms with Crippen LogP contribution in [0.4, 0.5) is 0 Å². The largest absolute Gasteiger partial charge is 0.478 e. The molecule has 2 N–H and O–H groups in total. The number of guanidine groups is 1. The first-order chi connectivity index (χ1) is 11.2. The van der Waals surface area contributed by atoms with Gasteiger partial charge in [-0.2, -0.15) is 0 Å². The second kappa shape index (κ2) is 10.9. The van der Waals surface area contributed by atoms with Gasteiger partial charge in [-0.15, -0.1) is 24.0 Å². The van der Waals surface area contributed by atoms with Gasteiger partial charge in [0.25, 0.3) is 0 Å². The highest BCUT2D eigenvalue weighted by Gasteiger charge is 2.05. The summed E-state index contributed by atoms with van der Waals surface area (Å²) < 4.78 is 5.54. The summed E-state index contributed by atoms with van der Waals surface area (Å²) in [5.74, 6) is 1.41. The molecule has 0 aliphatic heterocycles. The molecule has 1 aromatic heterocycles. The van der Waals surface area contributed by atoms with Crippen LogP contribution < -0.4 is 15.4 Å². The van der Waals surface area contributed by atoms with Gasteiger partial charge < -0.3 is 15.4 Å². The highest BCUT2D eigenvalue weighted by atomic mass is 127. The van der Waals surface area contributed by atoms with Crippen molar-refractivity contribution < 1.29 is 4.74 Å². The summed E-state index contributed by atoms with van der Waals surface area (Å²) in [7, 11) is 1.76. The molecule has 130 valence electrons. The number of nitrogens with one attached hydrogen (secondary N) is 2. The summed E-state index contributed by atoms with van der Waals surface area (Å²) in [5.41, 5.74) is 3.53. The molecule has 0 radical (unpaired) electrons. The van der Waals surface area contributed by atoms with Gasteiger partial charge in [-0.1, -0.05) is 30.3 Å². The summed E-state index contributed by atoms with van der Waals surface area (Å²) in [6.07, 6.45) is 1.74. The Bertz CT molecular complexity index is 661. The Labute approximate surface area is 161 Å². The second-order valence-corrected chi connectivity index (χ2v) is 5.11. The molecule has 6 heteroatoms. The lowest BCUT2D eigenvalue weighted by Gasteiger charge is -2.14. The van der Waals surface area contributed by atoms with Crippen molar-refractivity contribution in [2.75, 3.05) is 13.7 Å². The lowest BCUT2D eigenvalue weighted by atomic mass is 10.1. The van der Waals surface area contributed by atoms with E-state index in [0.717, 1.165) is 18.1 Å². The van der Waals surface area contributed by atoms with Crippen LogP contribution in [0.1, 0.15) is 23.6 Å². The van der Waals surface area contributed by atoms with E-state index in [1.165, 1.54) is 11.1 Å². The van der Waals surface area contributed by atoms with E-state index in [1.54, 1.807) is 13.2 Å². The summed E-state index contributed by atoms with van der Waals surface area (Å²) >= 11 is 0. The predicted molar refractivity (Wildman–Crippen MR) is 109 cm³/mol. The third kappa shape index (κ3) is 5.99. The van der Waals surface area contributed by atoms with Gasteiger partial charge >= 0.3 is 0 Å². The molecule has 1 aromatic carbocycles. The molecule has 2 aromatic rings. The average molecular weight is 440 g/mol. The minimum atomic E-state index is 0. The maximum atomic E-state index is 5.54. The summed E-state index contributed by atoms with van der Waals surface area (Å²) in [6.45, 7) is 6.00. The van der Waals surface area contributed by atoms with Crippen molar-refractivity contribution >= 4 is 29.9 Å². The molecular weight excluding hydrogens is 415 g/mol. The van der Waals surface area contributed by atoms with E-state index < -0.39 is 0 Å². The molecule has 0 aliphatic rings. The van der Waals surface area contributed by atoms with Crippen LogP contribution in [-0.4, -0.2) is 24.6 Å². The Balaban J connectivity index is 0.00000288. The van der Waals surface area contributed by atoms with E-state index in [0.29, 0.717) is 19.0 Å². The smallest absolute Gasteiger partial charge is 0.218 e. The number of hydrogen-bond donors (Lipinski definition) is 2. The average Bonchev–Trinajstić information content (AvgIpc) is 2.58. The Morgan fingerprint density at radius 2 is 1.75 bits per heavy atom. The molecule has 0 atom stereocenters. The van der Waals surface area contributed by atoms with Crippen molar-refractivity contribution in [1.82, 2.24) is 15.6 Å². The van der Waals surface area contributed by atoms with Crippen molar-refractivity contribution in [2.45, 2.75) is 26.9 Å². The van der Waals surface area contributed by atoms with Gasteiger partial charge in [0.05, 0.1) is 6.61 Å². The number of ether oxygens (including phenoxy) is 1. The first-order valence-electron chi connectivity index (χ1n) is 7.80. The Hall–Kier alpha value is -1.83. The molecular formula is C18H25IN4O. The SMILES string of the molecule is CCOc1ncccc1CNC(=NC)NCc1ccccc1C.I. The Morgan fingerprint density at radius 1 is 1.08 bits per heavy atom. The van der Waals surface area contributed by atoms with Crippen LogP contribution in [0.2, 0.25) is 0 Å². The van der Waals surface area contributed by atoms with Crippen LogP contribution in [-0.2, 0) is 13.1 Å². The van der Waals surface area contributed by atoms with E-state index in [-0.39, 0.29) is 24.0 Å². The number of halogens is 1. The minimum Gasteiger partial charge on any atom is -0.478 e. The predicted octanol–water partition coefficient (Wildman–Crippen LogP) is 3.27. The Kier molecular flexibility index (Phi) is 9.14. The van der Waals surface area contributed by atoms with Gasteiger partial charge in [0.2, 0.25) is 5.88 Å². The zero-order valence-corrected chi connectivity index (χ0v) is 16.7. The van der Waals surface area contributed by atoms with Crippen molar-refractivity contribution in [3.8, 4) is 5.88 Å². The van der Waals surface area contributed by atoms with E-state index in [1.807, 2.05) is 31.2 Å². The molecule has 0 unspecified atom stereocenters. The lowest BCUT2D eigenvalue weighted by molar-refractivity contribution is 0.322. The molecule has 1 heterocycles. The van der Waals surface area contributed by atoms with Crippen LogP contribution in [0.25, 0.3) is 0 Å². The molecule has 5 nitrogen and oxygen atoms in total. The van der Waals surface area contributed by atoms with Crippen molar-refractivity contribution in [1.29, 1.82) is 0 Å². The van der Waals surface area contributed by atoms with Gasteiger partial charge in [0, 0.05) is 31.9 Å². The maximum Gasteiger partial charge on any atom is 0.218 e. The fourth-order valence-corrected chi connectivity index (χ4v) is 2.21. The third-order valence-electron chi connectivity index (χ3n) is 3.51. The number of benzene rings is 1. The molecule has 0 fully saturated rings. The normalized spacial score (nSPS) is 10.7. The van der Waals surface area contributed by atoms with Crippen molar-refractivity contribution in [2.24, 2.45) is 4.99 Å². The van der Waals surface area contributed by atoms with Gasteiger partial charge in [0.15, 0.2) is 5.96 Å². The molecule has 0 saturated carbocycles. The molecule has 2 rings (SSSR count). The van der Waals surface area contributed by atoms with E-state index in [9.17, 15) is 0 Å². The molecule has 0 bridgehead atoms. The zero-order chi connectivity index (χ0) is 16.5. The highest BCUT2D eigenvalue weighted by molar-refractivity contribution is 14.0. The summed E-state index contributed by atoms with van der Waals surface area (Å²) in [5, 5.41) is 6.62. The lowest BCUT2D eigenvalue weighted by Crippen LogP contribution is -2.36. The fraction of sp³-hybridized carbons (Fsp3) is 0.333. The first-order valence-corrected chi connectivity index (χ1v) is 7.80. The monoisotopic (exact) mass is 440 g/mol. The topological polar surface area (TPSA) is 58.5 Å². The number of hydrogen-bond acceptors (Lipinski definition) is 3. The number of aliphatic imine (C=N–C) groups is 1. The standard InChI is InChI=1S/C18H24N4O.HI/c1-4-23-17-16(10-7-11-20-17)13-22-18(19-3)21-12-15-9-6-5-8-14(15)2;/h5-11H,4,12-13H2,1-3H3,(H2,19,21,22);1H. The van der Waals surface area contributed by atoms with Gasteiger partial charge in [0.1, 0.15) is 0 Å². The molecule has 0 spiro atoms. The van der Waals surface area contributed by atoms with Gasteiger partial charge in [-0.25, -0.2) is 4.98 Å². The van der Waals surface area contributed by atoms with Crippen LogP contribution in [0.15, 0.2) is 47.6 Å². The molecule has 24 heavy (non-hydrogen) atoms. The van der Waals surface area contributed by atoms with Crippen LogP contribution in [0.5, 0.6) is 5.88 Å². The summed E-state index contributed by atoms with van der Waals surface area (Å²) in [6, 6.07) is 12.2. The quantitative estimate of drug-likeness (QED) is 0.411. The first kappa shape index (κ1) is 20.2. The number of rotatable bonds is 6. The Morgan fingerprint density at radius 3 is 2.42 bits per heavy atom. The van der Waals surface area contributed by atoms with E-state index in [4.69, 9.17) is 4.74 Å². The molecule has 0 saturated heterocycles. The molecule has 0 aliphatic carbocycles. The number of nitrogens with zero attached hydrogens (tertiary/aromatic N) is 2. The number of pyridine rings is 1. The molecule has 0 amide bonds. The van der Waals surface area contributed by atoms with E-state index >= 15 is 0 Å². The maximum absolute atomic E-state index is 5.54. The minimum absolute atomic E-state index is 0. The van der Waals surface area contributed by atoms with Crippen LogP contribution in [0.3, 0.4) is 0 Å². The van der Waals surface area contributed by atoms with Crippen molar-refractivity contribution in [3.05, 3.63) is 59.3 Å². The van der Waals surface area contributed by atoms with Gasteiger partial charge in [-0.3, -0.25) is 4.99 Å². The van der Waals surface area contributed by atoms with Crippen LogP contribution in [0, 0.1) is 6.92 Å². The van der Waals surface area contributed by atoms with Crippen molar-refractivity contribution in [3.63, 3.8) is 0 Å². The third-order valence-corrected chi connectivity index (χ3v) is 3.51. The number of aryl methyl sites for hydroxylation is 1. The highest BCUT2D eigenvalue weighted by Crippen LogP contribution is 2.13. The van der Waals surface area contributed by atoms with Gasteiger partial charge in [-0.05, 0) is 31.0 Å². The number of aromatic nitrogens is 1. The second-order valence-electron chi connectivity index (χ2n) is 5.11. The van der Waals surface area contributed by atoms with E-state index in [2.05, 4.69) is 39.7 Å². The fourth-order valence-electron chi connectivity index (χ4n) is 2.21. The summed E-state index contributed by atoms with van der Waals surface area (Å²) in [4.78, 5) is 8.51. The zero-order valence-electron chi connectivity index (χ0n) is 14.4.